The highest BCUT2D eigenvalue weighted by Crippen LogP contribution is 2.42. The summed E-state index contributed by atoms with van der Waals surface area (Å²) in [6, 6.07) is -0.587. The average Bonchev–Trinajstić information content (AvgIpc) is 2.81. The number of phosphoric acid groups is 1. The largest absolute Gasteiger partial charge is 0.472 e. The molecule has 0 aromatic heterocycles. The van der Waals surface area contributed by atoms with Gasteiger partial charge in [-0.05, 0) is 14.1 Å². The zero-order valence-electron chi connectivity index (χ0n) is 13.3. The van der Waals surface area contributed by atoms with Crippen molar-refractivity contribution in [2.45, 2.75) is 24.6 Å². The Morgan fingerprint density at radius 1 is 1.36 bits per heavy atom. The van der Waals surface area contributed by atoms with Gasteiger partial charge in [-0.2, -0.15) is 0 Å². The first kappa shape index (κ1) is 20.1. The minimum absolute atomic E-state index is 0.0749. The molecule has 1 fully saturated rings. The van der Waals surface area contributed by atoms with Gasteiger partial charge in [0.1, 0.15) is 7.85 Å². The molecule has 4 atom stereocenters. The van der Waals surface area contributed by atoms with E-state index in [9.17, 15) is 4.57 Å². The topological polar surface area (TPSA) is 86.7 Å². The van der Waals surface area contributed by atoms with Crippen LogP contribution < -0.4 is 0 Å². The Labute approximate surface area is 133 Å². The second kappa shape index (κ2) is 10.00. The van der Waals surface area contributed by atoms with E-state index in [1.54, 1.807) is 0 Å². The molecule has 1 heterocycles. The van der Waals surface area contributed by atoms with Crippen LogP contribution in [0.2, 0.25) is 0 Å². The summed E-state index contributed by atoms with van der Waals surface area (Å²) in [5.74, 6) is 0. The fourth-order valence-corrected chi connectivity index (χ4v) is 2.33. The molecule has 0 aliphatic carbocycles. The summed E-state index contributed by atoms with van der Waals surface area (Å²) in [6.45, 7) is 2.32. The molecule has 1 aliphatic rings. The number of ether oxygens (including phenoxy) is 3. The molecule has 1 rings (SSSR count). The van der Waals surface area contributed by atoms with E-state index in [0.717, 1.165) is 13.7 Å². The Bertz CT molecular complexity index is 360. The van der Waals surface area contributed by atoms with Crippen molar-refractivity contribution in [1.29, 1.82) is 0 Å². The van der Waals surface area contributed by atoms with Crippen molar-refractivity contribution in [2.24, 2.45) is 0 Å². The van der Waals surface area contributed by atoms with Crippen molar-refractivity contribution in [3.05, 3.63) is 0 Å². The number of phosphoric ester groups is 1. The maximum atomic E-state index is 11.2. The van der Waals surface area contributed by atoms with Crippen LogP contribution in [0.4, 0.5) is 0 Å². The number of hydrogen-bond donors (Lipinski definition) is 1. The number of rotatable bonds is 11. The van der Waals surface area contributed by atoms with Gasteiger partial charge in [-0.15, -0.1) is 0 Å². The van der Waals surface area contributed by atoms with Crippen molar-refractivity contribution >= 4 is 15.7 Å². The Morgan fingerprint density at radius 2 is 2.09 bits per heavy atom. The van der Waals surface area contributed by atoms with E-state index in [1.807, 2.05) is 19.0 Å². The first-order valence-corrected chi connectivity index (χ1v) is 8.62. The molecule has 0 bridgehead atoms. The van der Waals surface area contributed by atoms with Gasteiger partial charge in [0, 0.05) is 26.1 Å². The summed E-state index contributed by atoms with van der Waals surface area (Å²) in [6.07, 6.45) is -0.195. The zero-order chi connectivity index (χ0) is 16.6. The minimum Gasteiger partial charge on any atom is -0.380 e. The Morgan fingerprint density at radius 3 is 2.73 bits per heavy atom. The second-order valence-electron chi connectivity index (χ2n) is 5.23. The molecule has 1 aliphatic heterocycles. The lowest BCUT2D eigenvalue weighted by molar-refractivity contribution is -0.0166. The third-order valence-corrected chi connectivity index (χ3v) is 4.04. The van der Waals surface area contributed by atoms with Crippen LogP contribution in [-0.2, 0) is 27.8 Å². The Hall–Kier alpha value is 0.0149. The van der Waals surface area contributed by atoms with E-state index >= 15 is 0 Å². The first-order valence-electron chi connectivity index (χ1n) is 7.12. The molecule has 0 spiro atoms. The molecular formula is C12H25BNO7P. The van der Waals surface area contributed by atoms with Gasteiger partial charge in [-0.1, -0.05) is 0 Å². The predicted octanol–water partition coefficient (Wildman–Crippen LogP) is -0.00330. The SMILES string of the molecule is [B][C@@H]1O[C@H](COP(=O)(O)OC)C[C@H]1OCCOCCN(C)C. The number of nitrogens with zero attached hydrogens (tertiary/aromatic N) is 1. The van der Waals surface area contributed by atoms with Gasteiger partial charge < -0.3 is 24.0 Å². The first-order chi connectivity index (χ1) is 10.3. The van der Waals surface area contributed by atoms with Crippen LogP contribution in [0.5, 0.6) is 0 Å². The molecule has 1 unspecified atom stereocenters. The van der Waals surface area contributed by atoms with Crippen LogP contribution in [0.15, 0.2) is 0 Å². The molecule has 0 saturated carbocycles. The normalized spacial score (nSPS) is 28.1. The van der Waals surface area contributed by atoms with Crippen LogP contribution in [0, 0.1) is 0 Å². The third kappa shape index (κ3) is 8.03. The molecule has 0 aromatic rings. The minimum atomic E-state index is -3.99. The van der Waals surface area contributed by atoms with Gasteiger partial charge in [-0.25, -0.2) is 4.57 Å². The lowest BCUT2D eigenvalue weighted by atomic mass is 9.94. The summed E-state index contributed by atoms with van der Waals surface area (Å²) in [7, 11) is 6.87. The van der Waals surface area contributed by atoms with Gasteiger partial charge in [0.25, 0.3) is 0 Å². The Balaban J connectivity index is 2.14. The summed E-state index contributed by atoms with van der Waals surface area (Å²) >= 11 is 0. The quantitative estimate of drug-likeness (QED) is 0.320. The fourth-order valence-electron chi connectivity index (χ4n) is 1.87. The molecule has 0 aromatic carbocycles. The van der Waals surface area contributed by atoms with Gasteiger partial charge in [-0.3, -0.25) is 9.05 Å². The predicted molar refractivity (Wildman–Crippen MR) is 80.9 cm³/mol. The standard InChI is InChI=1S/C12H25BNO7P/c1-14(2)4-5-18-6-7-19-11-8-10(21-12(11)13)9-20-22(15,16)17-3/h10-12H,4-9H2,1-3H3,(H,15,16)/t10-,11+,12+/m0/s1. The average molecular weight is 337 g/mol. The summed E-state index contributed by atoms with van der Waals surface area (Å²) in [4.78, 5) is 11.2. The fraction of sp³-hybridized carbons (Fsp3) is 1.00. The third-order valence-electron chi connectivity index (χ3n) is 3.11. The molecule has 1 saturated heterocycles. The molecule has 0 amide bonds. The number of hydrogen-bond acceptors (Lipinski definition) is 7. The molecule has 2 radical (unpaired) electrons. The van der Waals surface area contributed by atoms with E-state index < -0.39 is 19.9 Å². The zero-order valence-corrected chi connectivity index (χ0v) is 14.2. The highest BCUT2D eigenvalue weighted by Gasteiger charge is 2.34. The summed E-state index contributed by atoms with van der Waals surface area (Å²) in [5, 5.41) is 0. The summed E-state index contributed by atoms with van der Waals surface area (Å²) < 4.78 is 36.7. The van der Waals surface area contributed by atoms with E-state index in [0.29, 0.717) is 26.2 Å². The monoisotopic (exact) mass is 337 g/mol. The molecule has 10 heteroatoms. The van der Waals surface area contributed by atoms with E-state index in [-0.39, 0.29) is 12.7 Å². The smallest absolute Gasteiger partial charge is 0.380 e. The van der Waals surface area contributed by atoms with E-state index in [1.165, 1.54) is 0 Å². The molecular weight excluding hydrogens is 312 g/mol. The maximum Gasteiger partial charge on any atom is 0.472 e. The molecule has 8 nitrogen and oxygen atoms in total. The highest BCUT2D eigenvalue weighted by molar-refractivity contribution is 7.47. The second-order valence-corrected chi connectivity index (χ2v) is 6.79. The van der Waals surface area contributed by atoms with Crippen LogP contribution >= 0.6 is 7.82 Å². The lowest BCUT2D eigenvalue weighted by Crippen LogP contribution is -2.26. The highest BCUT2D eigenvalue weighted by atomic mass is 31.2. The summed E-state index contributed by atoms with van der Waals surface area (Å²) in [5.41, 5.74) is 0. The van der Waals surface area contributed by atoms with Gasteiger partial charge in [0.15, 0.2) is 0 Å². The van der Waals surface area contributed by atoms with Crippen molar-refractivity contribution in [2.75, 3.05) is 54.2 Å². The van der Waals surface area contributed by atoms with Crippen molar-refractivity contribution < 1.29 is 32.7 Å². The maximum absolute atomic E-state index is 11.2. The molecule has 1 N–H and O–H groups in total. The van der Waals surface area contributed by atoms with E-state index in [4.69, 9.17) is 31.5 Å². The van der Waals surface area contributed by atoms with Crippen molar-refractivity contribution in [3.63, 3.8) is 0 Å². The van der Waals surface area contributed by atoms with Gasteiger partial charge in [0.05, 0.1) is 38.6 Å². The van der Waals surface area contributed by atoms with Crippen LogP contribution in [0.3, 0.4) is 0 Å². The Kier molecular flexibility index (Phi) is 9.12. The van der Waals surface area contributed by atoms with Crippen molar-refractivity contribution in [1.82, 2.24) is 4.90 Å². The number of likely N-dealkylation sites (N-methyl/N-ethyl adjacent to an activating group) is 1. The van der Waals surface area contributed by atoms with Crippen LogP contribution in [0.25, 0.3) is 0 Å². The molecule has 22 heavy (non-hydrogen) atoms. The van der Waals surface area contributed by atoms with Gasteiger partial charge >= 0.3 is 7.82 Å². The van der Waals surface area contributed by atoms with Crippen LogP contribution in [0.1, 0.15) is 6.42 Å². The van der Waals surface area contributed by atoms with Crippen LogP contribution in [-0.4, -0.2) is 90.0 Å². The lowest BCUT2D eigenvalue weighted by Gasteiger charge is -2.15. The van der Waals surface area contributed by atoms with E-state index in [2.05, 4.69) is 4.52 Å². The van der Waals surface area contributed by atoms with Gasteiger partial charge in [0.2, 0.25) is 0 Å². The molecule has 128 valence electrons. The van der Waals surface area contributed by atoms with Crippen molar-refractivity contribution in [3.8, 4) is 0 Å².